The van der Waals surface area contributed by atoms with Crippen LogP contribution in [-0.4, -0.2) is 39.8 Å². The molecule has 0 aliphatic rings. The molecule has 4 aromatic rings. The fraction of sp³-hybridized carbons (Fsp3) is 0.360. The number of fused-ring (bicyclic) bond motifs is 2. The molecule has 0 bridgehead atoms. The molecule has 0 unspecified atom stereocenters. The number of aromatic nitrogens is 2. The summed E-state index contributed by atoms with van der Waals surface area (Å²) >= 11 is 1.57. The van der Waals surface area contributed by atoms with Crippen molar-refractivity contribution in [3.8, 4) is 0 Å². The molecule has 0 radical (unpaired) electrons. The van der Waals surface area contributed by atoms with Crippen LogP contribution in [0.1, 0.15) is 64.1 Å². The topological polar surface area (TPSA) is 110 Å². The van der Waals surface area contributed by atoms with E-state index in [1.165, 1.54) is 0 Å². The first-order valence-corrected chi connectivity index (χ1v) is 12.2. The summed E-state index contributed by atoms with van der Waals surface area (Å²) in [4.78, 5) is 28.9. The Labute approximate surface area is 204 Å². The fourth-order valence-corrected chi connectivity index (χ4v) is 4.56. The molecule has 178 valence electrons. The molecular formula is C25H31BN4O3S. The van der Waals surface area contributed by atoms with E-state index < -0.39 is 5.91 Å². The van der Waals surface area contributed by atoms with Gasteiger partial charge in [-0.05, 0) is 18.8 Å². The number of aliphatic hydroxyl groups is 1. The third-order valence-electron chi connectivity index (χ3n) is 5.47. The van der Waals surface area contributed by atoms with E-state index in [1.54, 1.807) is 15.7 Å². The van der Waals surface area contributed by atoms with E-state index >= 15 is 0 Å². The van der Waals surface area contributed by atoms with Crippen LogP contribution in [-0.2, 0) is 6.54 Å². The third-order valence-corrected chi connectivity index (χ3v) is 6.27. The summed E-state index contributed by atoms with van der Waals surface area (Å²) in [5, 5.41) is 11.3. The van der Waals surface area contributed by atoms with E-state index in [4.69, 9.17) is 10.8 Å². The van der Waals surface area contributed by atoms with Crippen molar-refractivity contribution in [2.75, 3.05) is 6.61 Å². The predicted molar refractivity (Wildman–Crippen MR) is 139 cm³/mol. The van der Waals surface area contributed by atoms with E-state index in [1.807, 2.05) is 56.7 Å². The van der Waals surface area contributed by atoms with Crippen molar-refractivity contribution in [1.82, 2.24) is 14.7 Å². The molecule has 0 saturated carbocycles. The number of hydrogen-bond donors (Lipinski definition) is 3. The molecule has 3 heterocycles. The Morgan fingerprint density at radius 3 is 2.68 bits per heavy atom. The number of nitrogens with zero attached hydrogens (tertiary/aromatic N) is 2. The molecule has 9 heteroatoms. The summed E-state index contributed by atoms with van der Waals surface area (Å²) in [6.45, 7) is 10.6. The number of primary amides is 1. The summed E-state index contributed by atoms with van der Waals surface area (Å²) in [5.74, 6) is 0.0380. The number of rotatable bonds is 7. The zero-order valence-corrected chi connectivity index (χ0v) is 20.9. The fourth-order valence-electron chi connectivity index (χ4n) is 3.82. The molecule has 34 heavy (non-hydrogen) atoms. The molecule has 0 aliphatic heterocycles. The number of amides is 2. The first-order chi connectivity index (χ1) is 16.2. The molecule has 0 saturated heterocycles. The van der Waals surface area contributed by atoms with Crippen molar-refractivity contribution >= 4 is 45.7 Å². The Hall–Kier alpha value is -3.04. The molecule has 0 aliphatic carbocycles. The van der Waals surface area contributed by atoms with E-state index in [0.29, 0.717) is 29.8 Å². The van der Waals surface area contributed by atoms with Gasteiger partial charge in [-0.3, -0.25) is 0 Å². The van der Waals surface area contributed by atoms with Crippen LogP contribution in [0.2, 0.25) is 0 Å². The minimum absolute atomic E-state index is 0.193. The van der Waals surface area contributed by atoms with Crippen molar-refractivity contribution in [2.45, 2.75) is 47.1 Å². The average Bonchev–Trinajstić information content (AvgIpc) is 3.38. The molecule has 4 rings (SSSR count). The third kappa shape index (κ3) is 6.09. The summed E-state index contributed by atoms with van der Waals surface area (Å²) < 4.78 is 2.79. The molecule has 2 amide bonds. The number of hydrogen-bond acceptors (Lipinski definition) is 5. The second-order valence-corrected chi connectivity index (χ2v) is 9.71. The zero-order chi connectivity index (χ0) is 24.8. The van der Waals surface area contributed by atoms with Gasteiger partial charge in [0.15, 0.2) is 0 Å². The second-order valence-electron chi connectivity index (χ2n) is 8.82. The quantitative estimate of drug-likeness (QED) is 0.374. The number of benzene rings is 1. The SMILES string of the molecule is CC(C)CCCO.Cc1cc(C(=O)NCc2ccc3ncsc3c2)c2bc(C)c(C(N)=O)n2c1. The van der Waals surface area contributed by atoms with E-state index in [2.05, 4.69) is 24.1 Å². The number of aliphatic hydroxyl groups excluding tert-OH is 1. The van der Waals surface area contributed by atoms with Gasteiger partial charge in [-0.15, -0.1) is 0 Å². The van der Waals surface area contributed by atoms with E-state index in [-0.39, 0.29) is 5.91 Å². The molecule has 0 spiro atoms. The molecule has 1 aromatic carbocycles. The summed E-state index contributed by atoms with van der Waals surface area (Å²) in [6, 6.07) is 7.77. The van der Waals surface area contributed by atoms with Crippen molar-refractivity contribution in [3.63, 3.8) is 0 Å². The monoisotopic (exact) mass is 478 g/mol. The number of nitrogens with one attached hydrogen (secondary N) is 1. The predicted octanol–water partition coefficient (Wildman–Crippen LogP) is 3.95. The molecule has 3 aromatic heterocycles. The molecule has 7 nitrogen and oxygen atoms in total. The van der Waals surface area contributed by atoms with Crippen LogP contribution in [0.4, 0.5) is 0 Å². The average molecular weight is 478 g/mol. The Balaban J connectivity index is 0.000000406. The minimum atomic E-state index is -0.512. The maximum atomic E-state index is 12.8. The van der Waals surface area contributed by atoms with Crippen LogP contribution in [0, 0.1) is 19.8 Å². The van der Waals surface area contributed by atoms with Crippen LogP contribution in [0.15, 0.2) is 36.0 Å². The number of aryl methyl sites for hydroxylation is 2. The Morgan fingerprint density at radius 1 is 1.26 bits per heavy atom. The number of carbonyl (C=O) groups excluding carboxylic acids is 2. The Morgan fingerprint density at radius 2 is 2.03 bits per heavy atom. The summed E-state index contributed by atoms with van der Waals surface area (Å²) in [5.41, 5.74) is 12.5. The van der Waals surface area contributed by atoms with Crippen molar-refractivity contribution in [2.24, 2.45) is 11.7 Å². The van der Waals surface area contributed by atoms with Crippen LogP contribution in [0.5, 0.6) is 0 Å². The molecular weight excluding hydrogens is 447 g/mol. The molecule has 0 atom stereocenters. The number of carbonyl (C=O) groups is 2. The first-order valence-electron chi connectivity index (χ1n) is 11.3. The van der Waals surface area contributed by atoms with Gasteiger partial charge in [0.05, 0.1) is 0 Å². The van der Waals surface area contributed by atoms with Gasteiger partial charge in [-0.1, -0.05) is 13.8 Å². The summed E-state index contributed by atoms with van der Waals surface area (Å²) in [7, 11) is 0. The van der Waals surface area contributed by atoms with Gasteiger partial charge in [0.2, 0.25) is 0 Å². The number of nitrogens with two attached hydrogens (primary N) is 1. The number of pyridine rings is 1. The van der Waals surface area contributed by atoms with Gasteiger partial charge < -0.3 is 5.11 Å². The van der Waals surface area contributed by atoms with Gasteiger partial charge in [-0.25, -0.2) is 0 Å². The van der Waals surface area contributed by atoms with Gasteiger partial charge in [0.1, 0.15) is 0 Å². The van der Waals surface area contributed by atoms with Crippen LogP contribution < -0.4 is 11.1 Å². The molecule has 4 N–H and O–H groups in total. The van der Waals surface area contributed by atoms with Crippen molar-refractivity contribution in [3.05, 3.63) is 63.8 Å². The summed E-state index contributed by atoms with van der Waals surface area (Å²) in [6.07, 6.45) is 3.92. The van der Waals surface area contributed by atoms with Gasteiger partial charge in [0, 0.05) is 6.61 Å². The zero-order valence-electron chi connectivity index (χ0n) is 20.1. The van der Waals surface area contributed by atoms with Gasteiger partial charge in [0.25, 0.3) is 0 Å². The first kappa shape index (κ1) is 25.6. The van der Waals surface area contributed by atoms with Crippen LogP contribution >= 0.6 is 11.3 Å². The van der Waals surface area contributed by atoms with Crippen molar-refractivity contribution < 1.29 is 14.7 Å². The van der Waals surface area contributed by atoms with Crippen LogP contribution in [0.25, 0.3) is 15.6 Å². The van der Waals surface area contributed by atoms with Crippen molar-refractivity contribution in [1.29, 1.82) is 0 Å². The molecule has 0 fully saturated rings. The second kappa shape index (κ2) is 11.4. The van der Waals surface area contributed by atoms with Gasteiger partial charge >= 0.3 is 160 Å². The maximum absolute atomic E-state index is 12.8. The Kier molecular flexibility index (Phi) is 8.58. The van der Waals surface area contributed by atoms with E-state index in [0.717, 1.165) is 45.6 Å². The number of thiazole rings is 1. The van der Waals surface area contributed by atoms with Gasteiger partial charge in [-0.2, -0.15) is 0 Å². The Bertz CT molecular complexity index is 1310. The standard InChI is InChI=1S/C19H17BN4O2S.C6H14O/c1-10-5-13(17-20-11(2)16(18(21)25)24(17)8-10)19(26)22-7-12-3-4-14-15(6-12)27-9-23-14;1-6(2)4-3-5-7/h3-6,8-9H,7H2,1-2H3,(H2,21,25)(H,22,26);6-7H,3-5H2,1-2H3. The normalized spacial score (nSPS) is 10.9. The van der Waals surface area contributed by atoms with Crippen LogP contribution in [0.3, 0.4) is 0 Å². The van der Waals surface area contributed by atoms with E-state index in [9.17, 15) is 9.59 Å².